The van der Waals surface area contributed by atoms with Gasteiger partial charge in [0.2, 0.25) is 5.91 Å². The van der Waals surface area contributed by atoms with Gasteiger partial charge in [-0.05, 0) is 6.07 Å². The van der Waals surface area contributed by atoms with Gasteiger partial charge in [0, 0.05) is 45.3 Å². The van der Waals surface area contributed by atoms with Crippen molar-refractivity contribution in [2.24, 2.45) is 7.05 Å². The van der Waals surface area contributed by atoms with E-state index in [0.29, 0.717) is 51.5 Å². The topological polar surface area (TPSA) is 50.6 Å². The van der Waals surface area contributed by atoms with Gasteiger partial charge in [-0.3, -0.25) is 9.69 Å². The van der Waals surface area contributed by atoms with Crippen LogP contribution < -0.4 is 0 Å². The summed E-state index contributed by atoms with van der Waals surface area (Å²) in [5, 5.41) is 0. The summed E-state index contributed by atoms with van der Waals surface area (Å²) in [5.41, 5.74) is 2.53. The Kier molecular flexibility index (Phi) is 4.74. The third-order valence-electron chi connectivity index (χ3n) is 5.18. The Morgan fingerprint density at radius 3 is 2.85 bits per heavy atom. The van der Waals surface area contributed by atoms with Crippen molar-refractivity contribution in [3.63, 3.8) is 0 Å². The maximum Gasteiger partial charge on any atom is 0.233 e. The number of aromatic nitrogens is 2. The Hall–Kier alpha value is -2.25. The highest BCUT2D eigenvalue weighted by atomic mass is 19.1. The highest BCUT2D eigenvalue weighted by molar-refractivity contribution is 5.84. The third kappa shape index (κ3) is 3.24. The molecule has 1 aromatic carbocycles. The molecular formula is C19H23FN4O2. The molecule has 4 rings (SSSR count). The largest absolute Gasteiger partial charge is 0.378 e. The van der Waals surface area contributed by atoms with Crippen molar-refractivity contribution in [2.45, 2.75) is 19.0 Å². The first-order valence-corrected chi connectivity index (χ1v) is 8.96. The van der Waals surface area contributed by atoms with E-state index in [4.69, 9.17) is 4.74 Å². The van der Waals surface area contributed by atoms with Crippen LogP contribution in [0.25, 0.3) is 0 Å². The van der Waals surface area contributed by atoms with Crippen molar-refractivity contribution in [1.82, 2.24) is 19.4 Å². The number of aryl methyl sites for hydroxylation is 1. The fraction of sp³-hybridized carbons (Fsp3) is 0.474. The molecule has 2 aliphatic rings. The number of fused-ring (bicyclic) bond motifs is 1. The molecule has 0 unspecified atom stereocenters. The van der Waals surface area contributed by atoms with Crippen LogP contribution in [0.3, 0.4) is 0 Å². The van der Waals surface area contributed by atoms with Gasteiger partial charge in [-0.2, -0.15) is 0 Å². The van der Waals surface area contributed by atoms with Crippen LogP contribution in [0.4, 0.5) is 4.39 Å². The summed E-state index contributed by atoms with van der Waals surface area (Å²) in [4.78, 5) is 21.6. The minimum absolute atomic E-state index is 0.108. The molecular weight excluding hydrogens is 335 g/mol. The van der Waals surface area contributed by atoms with E-state index in [1.807, 2.05) is 22.6 Å². The number of hydrogen-bond acceptors (Lipinski definition) is 4. The second-order valence-corrected chi connectivity index (χ2v) is 6.94. The lowest BCUT2D eigenvalue weighted by molar-refractivity contribution is -0.138. The number of carbonyl (C=O) groups is 1. The average molecular weight is 358 g/mol. The van der Waals surface area contributed by atoms with E-state index in [2.05, 4.69) is 9.88 Å². The summed E-state index contributed by atoms with van der Waals surface area (Å²) in [7, 11) is 1.93. The normalized spacial score (nSPS) is 20.8. The van der Waals surface area contributed by atoms with Gasteiger partial charge in [-0.1, -0.05) is 18.2 Å². The molecule has 138 valence electrons. The minimum Gasteiger partial charge on any atom is -0.378 e. The van der Waals surface area contributed by atoms with Crippen LogP contribution in [0.15, 0.2) is 30.6 Å². The van der Waals surface area contributed by atoms with E-state index in [0.717, 1.165) is 11.4 Å². The molecule has 1 atom stereocenters. The minimum atomic E-state index is -0.281. The zero-order valence-electron chi connectivity index (χ0n) is 14.9. The SMILES string of the molecule is Cn1cnc2c1[C@H](C(=O)N1CCOCC1)CN(Cc1ccccc1F)C2. The number of benzene rings is 1. The predicted octanol–water partition coefficient (Wildman–Crippen LogP) is 1.52. The average Bonchev–Trinajstić information content (AvgIpc) is 3.04. The molecule has 0 saturated carbocycles. The summed E-state index contributed by atoms with van der Waals surface area (Å²) in [6, 6.07) is 6.80. The van der Waals surface area contributed by atoms with Gasteiger partial charge in [0.1, 0.15) is 5.82 Å². The lowest BCUT2D eigenvalue weighted by atomic mass is 9.95. The molecule has 0 spiro atoms. The molecule has 0 N–H and O–H groups in total. The number of morpholine rings is 1. The Labute approximate surface area is 152 Å². The summed E-state index contributed by atoms with van der Waals surface area (Å²) in [6.45, 7) is 4.06. The van der Waals surface area contributed by atoms with Gasteiger partial charge in [0.05, 0.1) is 36.8 Å². The molecule has 0 aliphatic carbocycles. The van der Waals surface area contributed by atoms with E-state index in [9.17, 15) is 9.18 Å². The van der Waals surface area contributed by atoms with Crippen LogP contribution in [0.2, 0.25) is 0 Å². The van der Waals surface area contributed by atoms with Gasteiger partial charge in [0.15, 0.2) is 0 Å². The summed E-state index contributed by atoms with van der Waals surface area (Å²) < 4.78 is 21.4. The van der Waals surface area contributed by atoms with Crippen LogP contribution in [-0.2, 0) is 29.7 Å². The molecule has 0 radical (unpaired) electrons. The molecule has 2 aromatic rings. The standard InChI is InChI=1S/C19H23FN4O2/c1-22-13-21-17-12-23(10-14-4-2-3-5-16(14)20)11-15(18(17)22)19(25)24-6-8-26-9-7-24/h2-5,13,15H,6-12H2,1H3/t15-/m1/s1. The quantitative estimate of drug-likeness (QED) is 0.835. The van der Waals surface area contributed by atoms with Crippen molar-refractivity contribution in [3.05, 3.63) is 53.4 Å². The fourth-order valence-corrected chi connectivity index (χ4v) is 3.87. The van der Waals surface area contributed by atoms with E-state index in [1.165, 1.54) is 6.07 Å². The smallest absolute Gasteiger partial charge is 0.233 e. The van der Waals surface area contributed by atoms with E-state index < -0.39 is 0 Å². The van der Waals surface area contributed by atoms with Gasteiger partial charge < -0.3 is 14.2 Å². The second kappa shape index (κ2) is 7.17. The molecule has 2 aliphatic heterocycles. The van der Waals surface area contributed by atoms with Crippen LogP contribution in [0, 0.1) is 5.82 Å². The first-order valence-electron chi connectivity index (χ1n) is 8.96. The van der Waals surface area contributed by atoms with Crippen molar-refractivity contribution < 1.29 is 13.9 Å². The number of halogens is 1. The molecule has 1 aromatic heterocycles. The zero-order valence-corrected chi connectivity index (χ0v) is 14.9. The third-order valence-corrected chi connectivity index (χ3v) is 5.18. The van der Waals surface area contributed by atoms with Crippen LogP contribution in [-0.4, -0.2) is 58.1 Å². The fourth-order valence-electron chi connectivity index (χ4n) is 3.87. The second-order valence-electron chi connectivity index (χ2n) is 6.94. The Balaban J connectivity index is 1.59. The number of ether oxygens (including phenoxy) is 1. The number of nitrogens with zero attached hydrogens (tertiary/aromatic N) is 4. The molecule has 0 bridgehead atoms. The molecule has 7 heteroatoms. The number of imidazole rings is 1. The Morgan fingerprint density at radius 1 is 1.31 bits per heavy atom. The maximum absolute atomic E-state index is 14.1. The molecule has 1 amide bonds. The molecule has 26 heavy (non-hydrogen) atoms. The van der Waals surface area contributed by atoms with Gasteiger partial charge in [0.25, 0.3) is 0 Å². The highest BCUT2D eigenvalue weighted by Gasteiger charge is 2.36. The number of amides is 1. The summed E-state index contributed by atoms with van der Waals surface area (Å²) in [5.74, 6) is -0.386. The van der Waals surface area contributed by atoms with Crippen molar-refractivity contribution >= 4 is 5.91 Å². The number of carbonyl (C=O) groups excluding carboxylic acids is 1. The lowest BCUT2D eigenvalue weighted by Crippen LogP contribution is -2.47. The zero-order chi connectivity index (χ0) is 18.1. The lowest BCUT2D eigenvalue weighted by Gasteiger charge is -2.36. The Morgan fingerprint density at radius 2 is 2.08 bits per heavy atom. The first-order chi connectivity index (χ1) is 12.6. The van der Waals surface area contributed by atoms with Crippen LogP contribution in [0.5, 0.6) is 0 Å². The van der Waals surface area contributed by atoms with Crippen LogP contribution in [0.1, 0.15) is 22.9 Å². The van der Waals surface area contributed by atoms with E-state index in [1.54, 1.807) is 18.5 Å². The van der Waals surface area contributed by atoms with Gasteiger partial charge >= 0.3 is 0 Å². The monoisotopic (exact) mass is 358 g/mol. The maximum atomic E-state index is 14.1. The van der Waals surface area contributed by atoms with Crippen LogP contribution >= 0.6 is 0 Å². The van der Waals surface area contributed by atoms with Crippen molar-refractivity contribution in [3.8, 4) is 0 Å². The molecule has 1 fully saturated rings. The van der Waals surface area contributed by atoms with Crippen molar-refractivity contribution in [2.75, 3.05) is 32.8 Å². The van der Waals surface area contributed by atoms with Crippen molar-refractivity contribution in [1.29, 1.82) is 0 Å². The summed E-state index contributed by atoms with van der Waals surface area (Å²) >= 11 is 0. The number of rotatable bonds is 3. The predicted molar refractivity (Wildman–Crippen MR) is 93.9 cm³/mol. The first kappa shape index (κ1) is 17.2. The summed E-state index contributed by atoms with van der Waals surface area (Å²) in [6.07, 6.45) is 1.76. The highest BCUT2D eigenvalue weighted by Crippen LogP contribution is 2.30. The van der Waals surface area contributed by atoms with E-state index in [-0.39, 0.29) is 17.6 Å². The Bertz CT molecular complexity index is 801. The molecule has 6 nitrogen and oxygen atoms in total. The number of hydrogen-bond donors (Lipinski definition) is 0. The molecule has 1 saturated heterocycles. The van der Waals surface area contributed by atoms with Gasteiger partial charge in [-0.15, -0.1) is 0 Å². The van der Waals surface area contributed by atoms with Gasteiger partial charge in [-0.25, -0.2) is 9.37 Å². The van der Waals surface area contributed by atoms with E-state index >= 15 is 0 Å². The molecule has 3 heterocycles.